The Labute approximate surface area is 77.2 Å². The Kier molecular flexibility index (Phi) is 3.92. The minimum absolute atomic E-state index is 0.117. The molecule has 0 aromatic carbocycles. The summed E-state index contributed by atoms with van der Waals surface area (Å²) in [4.78, 5) is 15.3. The first-order valence-corrected chi connectivity index (χ1v) is 4.33. The Morgan fingerprint density at radius 1 is 1.54 bits per heavy atom. The van der Waals surface area contributed by atoms with E-state index in [0.717, 1.165) is 13.0 Å². The van der Waals surface area contributed by atoms with Crippen molar-refractivity contribution in [2.24, 2.45) is 0 Å². The normalized spacial score (nSPS) is 9.62. The summed E-state index contributed by atoms with van der Waals surface area (Å²) in [6, 6.07) is 5.27. The number of carbonyl (C=O) groups excluding carboxylic acids is 1. The van der Waals surface area contributed by atoms with Crippen LogP contribution in [-0.4, -0.2) is 24.0 Å². The molecule has 70 valence electrons. The van der Waals surface area contributed by atoms with Crippen LogP contribution in [0.4, 0.5) is 0 Å². The maximum atomic E-state index is 11.3. The van der Waals surface area contributed by atoms with Crippen molar-refractivity contribution in [1.29, 1.82) is 0 Å². The molecular weight excluding hydrogens is 166 g/mol. The molecule has 0 fully saturated rings. The Morgan fingerprint density at radius 2 is 2.38 bits per heavy atom. The average Bonchev–Trinajstić information content (AvgIpc) is 2.19. The Hall–Kier alpha value is -1.42. The topological polar surface area (TPSA) is 69.6 Å². The SMILES string of the molecule is [NH3+]CCCNC(=O)c1ccccn1. The van der Waals surface area contributed by atoms with Gasteiger partial charge in [0, 0.05) is 19.2 Å². The molecular formula is C9H14N3O+. The molecule has 1 rings (SSSR count). The van der Waals surface area contributed by atoms with Crippen LogP contribution >= 0.6 is 0 Å². The minimum Gasteiger partial charge on any atom is -0.358 e. The van der Waals surface area contributed by atoms with E-state index in [9.17, 15) is 4.79 Å². The third-order valence-electron chi connectivity index (χ3n) is 1.61. The van der Waals surface area contributed by atoms with Gasteiger partial charge in [0.15, 0.2) is 0 Å². The van der Waals surface area contributed by atoms with Gasteiger partial charge < -0.3 is 11.1 Å². The molecule has 0 radical (unpaired) electrons. The summed E-state index contributed by atoms with van der Waals surface area (Å²) < 4.78 is 0. The first-order valence-electron chi connectivity index (χ1n) is 4.33. The molecule has 0 saturated heterocycles. The fraction of sp³-hybridized carbons (Fsp3) is 0.333. The van der Waals surface area contributed by atoms with Gasteiger partial charge in [-0.3, -0.25) is 9.78 Å². The predicted molar refractivity (Wildman–Crippen MR) is 48.9 cm³/mol. The van der Waals surface area contributed by atoms with E-state index >= 15 is 0 Å². The van der Waals surface area contributed by atoms with Gasteiger partial charge in [0.1, 0.15) is 5.69 Å². The first-order chi connectivity index (χ1) is 6.34. The zero-order chi connectivity index (χ0) is 9.52. The third kappa shape index (κ3) is 3.21. The highest BCUT2D eigenvalue weighted by molar-refractivity contribution is 5.92. The lowest BCUT2D eigenvalue weighted by Gasteiger charge is -2.01. The summed E-state index contributed by atoms with van der Waals surface area (Å²) >= 11 is 0. The van der Waals surface area contributed by atoms with Gasteiger partial charge >= 0.3 is 0 Å². The quantitative estimate of drug-likeness (QED) is 0.610. The fourth-order valence-corrected chi connectivity index (χ4v) is 0.915. The van der Waals surface area contributed by atoms with Crippen LogP contribution in [0.15, 0.2) is 24.4 Å². The van der Waals surface area contributed by atoms with Gasteiger partial charge in [0.2, 0.25) is 0 Å². The molecule has 0 aliphatic carbocycles. The smallest absolute Gasteiger partial charge is 0.269 e. The van der Waals surface area contributed by atoms with Crippen molar-refractivity contribution in [1.82, 2.24) is 10.3 Å². The zero-order valence-corrected chi connectivity index (χ0v) is 7.49. The Morgan fingerprint density at radius 3 is 3.00 bits per heavy atom. The van der Waals surface area contributed by atoms with Crippen molar-refractivity contribution >= 4 is 5.91 Å². The van der Waals surface area contributed by atoms with Crippen LogP contribution in [0.25, 0.3) is 0 Å². The lowest BCUT2D eigenvalue weighted by molar-refractivity contribution is -0.367. The molecule has 1 amide bonds. The van der Waals surface area contributed by atoms with E-state index in [4.69, 9.17) is 0 Å². The number of hydrogen-bond donors (Lipinski definition) is 2. The largest absolute Gasteiger partial charge is 0.358 e. The van der Waals surface area contributed by atoms with Crippen molar-refractivity contribution in [3.05, 3.63) is 30.1 Å². The van der Waals surface area contributed by atoms with E-state index in [2.05, 4.69) is 16.0 Å². The minimum atomic E-state index is -0.117. The summed E-state index contributed by atoms with van der Waals surface area (Å²) in [5.41, 5.74) is 4.15. The molecule has 4 N–H and O–H groups in total. The number of amides is 1. The van der Waals surface area contributed by atoms with Crippen molar-refractivity contribution in [2.45, 2.75) is 6.42 Å². The van der Waals surface area contributed by atoms with Gasteiger partial charge in [-0.25, -0.2) is 0 Å². The van der Waals surface area contributed by atoms with Crippen molar-refractivity contribution in [3.8, 4) is 0 Å². The van der Waals surface area contributed by atoms with E-state index in [-0.39, 0.29) is 5.91 Å². The summed E-state index contributed by atoms with van der Waals surface area (Å²) in [6.07, 6.45) is 2.51. The highest BCUT2D eigenvalue weighted by Gasteiger charge is 2.03. The molecule has 1 aromatic rings. The number of rotatable bonds is 4. The highest BCUT2D eigenvalue weighted by Crippen LogP contribution is 1.92. The van der Waals surface area contributed by atoms with E-state index in [1.807, 2.05) is 0 Å². The van der Waals surface area contributed by atoms with Gasteiger partial charge in [0.25, 0.3) is 5.91 Å². The summed E-state index contributed by atoms with van der Waals surface area (Å²) in [5.74, 6) is -0.117. The van der Waals surface area contributed by atoms with E-state index in [1.165, 1.54) is 0 Å². The number of hydrogen-bond acceptors (Lipinski definition) is 2. The zero-order valence-electron chi connectivity index (χ0n) is 7.49. The molecule has 0 aliphatic rings. The summed E-state index contributed by atoms with van der Waals surface area (Å²) in [5, 5.41) is 2.76. The summed E-state index contributed by atoms with van der Waals surface area (Å²) in [7, 11) is 0. The molecule has 4 nitrogen and oxygen atoms in total. The van der Waals surface area contributed by atoms with E-state index in [0.29, 0.717) is 12.2 Å². The van der Waals surface area contributed by atoms with E-state index in [1.54, 1.807) is 24.4 Å². The van der Waals surface area contributed by atoms with Gasteiger partial charge in [-0.2, -0.15) is 0 Å². The highest BCUT2D eigenvalue weighted by atomic mass is 16.1. The molecule has 4 heteroatoms. The standard InChI is InChI=1S/C9H13N3O/c10-5-3-7-12-9(13)8-4-1-2-6-11-8/h1-2,4,6H,3,5,7,10H2,(H,12,13)/p+1. The second-order valence-electron chi connectivity index (χ2n) is 2.68. The van der Waals surface area contributed by atoms with Crippen LogP contribution in [0.3, 0.4) is 0 Å². The monoisotopic (exact) mass is 180 g/mol. The van der Waals surface area contributed by atoms with Crippen molar-refractivity contribution in [2.75, 3.05) is 13.1 Å². The van der Waals surface area contributed by atoms with Crippen LogP contribution < -0.4 is 11.1 Å². The number of carbonyl (C=O) groups is 1. The molecule has 0 saturated carbocycles. The maximum Gasteiger partial charge on any atom is 0.269 e. The van der Waals surface area contributed by atoms with Crippen molar-refractivity contribution in [3.63, 3.8) is 0 Å². The van der Waals surface area contributed by atoms with Gasteiger partial charge in [-0.15, -0.1) is 0 Å². The van der Waals surface area contributed by atoms with Crippen LogP contribution in [-0.2, 0) is 0 Å². The molecule has 0 spiro atoms. The first kappa shape index (κ1) is 9.67. The van der Waals surface area contributed by atoms with E-state index < -0.39 is 0 Å². The number of nitrogens with one attached hydrogen (secondary N) is 1. The fourth-order valence-electron chi connectivity index (χ4n) is 0.915. The molecule has 13 heavy (non-hydrogen) atoms. The lowest BCUT2D eigenvalue weighted by Crippen LogP contribution is -2.51. The summed E-state index contributed by atoms with van der Waals surface area (Å²) in [6.45, 7) is 1.50. The second kappa shape index (κ2) is 5.27. The Balaban J connectivity index is 2.40. The number of quaternary nitrogens is 1. The molecule has 0 atom stereocenters. The van der Waals surface area contributed by atoms with Crippen LogP contribution in [0.5, 0.6) is 0 Å². The third-order valence-corrected chi connectivity index (χ3v) is 1.61. The molecule has 0 unspecified atom stereocenters. The predicted octanol–water partition coefficient (Wildman–Crippen LogP) is -0.557. The average molecular weight is 180 g/mol. The number of aromatic nitrogens is 1. The molecule has 1 aromatic heterocycles. The van der Waals surface area contributed by atoms with Gasteiger partial charge in [0.05, 0.1) is 6.54 Å². The van der Waals surface area contributed by atoms with Gasteiger partial charge in [-0.05, 0) is 12.1 Å². The Bertz CT molecular complexity index is 261. The second-order valence-corrected chi connectivity index (χ2v) is 2.68. The number of pyridine rings is 1. The van der Waals surface area contributed by atoms with Crippen LogP contribution in [0, 0.1) is 0 Å². The molecule has 1 heterocycles. The van der Waals surface area contributed by atoms with Crippen LogP contribution in [0.1, 0.15) is 16.9 Å². The maximum absolute atomic E-state index is 11.3. The molecule has 0 bridgehead atoms. The number of nitrogens with zero attached hydrogens (tertiary/aromatic N) is 1. The molecule has 0 aliphatic heterocycles. The lowest BCUT2D eigenvalue weighted by atomic mass is 10.3. The van der Waals surface area contributed by atoms with Gasteiger partial charge in [-0.1, -0.05) is 6.07 Å². The van der Waals surface area contributed by atoms with Crippen LogP contribution in [0.2, 0.25) is 0 Å². The van der Waals surface area contributed by atoms with Crippen molar-refractivity contribution < 1.29 is 10.5 Å².